The van der Waals surface area contributed by atoms with E-state index in [9.17, 15) is 4.79 Å². The van der Waals surface area contributed by atoms with Gasteiger partial charge in [-0.1, -0.05) is 60.2 Å². The summed E-state index contributed by atoms with van der Waals surface area (Å²) >= 11 is 0. The second kappa shape index (κ2) is 4.41. The van der Waals surface area contributed by atoms with E-state index in [1.807, 2.05) is 30.3 Å². The van der Waals surface area contributed by atoms with Gasteiger partial charge in [-0.2, -0.15) is 0 Å². The lowest BCUT2D eigenvalue weighted by molar-refractivity contribution is 0.0965. The van der Waals surface area contributed by atoms with Crippen LogP contribution in [0.5, 0.6) is 0 Å². The van der Waals surface area contributed by atoms with Crippen molar-refractivity contribution in [3.05, 3.63) is 71.3 Å². The molecule has 0 bridgehead atoms. The van der Waals surface area contributed by atoms with Gasteiger partial charge >= 0.3 is 0 Å². The quantitative estimate of drug-likeness (QED) is 0.737. The fourth-order valence-electron chi connectivity index (χ4n) is 2.57. The van der Waals surface area contributed by atoms with Crippen LogP contribution in [0.25, 0.3) is 0 Å². The molecule has 1 nitrogen and oxygen atoms in total. The molecule has 1 aliphatic rings. The molecular weight excluding hydrogens is 220 g/mol. The van der Waals surface area contributed by atoms with Crippen LogP contribution in [0.4, 0.5) is 0 Å². The number of rotatable bonds is 3. The molecule has 90 valence electrons. The van der Waals surface area contributed by atoms with Gasteiger partial charge in [0.15, 0.2) is 5.78 Å². The number of ketones is 1. The maximum absolute atomic E-state index is 12.3. The molecule has 3 rings (SSSR count). The topological polar surface area (TPSA) is 17.1 Å². The Balaban J connectivity index is 1.77. The monoisotopic (exact) mass is 236 g/mol. The molecule has 0 aliphatic heterocycles. The fourth-order valence-corrected chi connectivity index (χ4v) is 2.57. The second-order valence-electron chi connectivity index (χ2n) is 5.09. The largest absolute Gasteiger partial charge is 0.294 e. The lowest BCUT2D eigenvalue weighted by Crippen LogP contribution is -2.02. The summed E-state index contributed by atoms with van der Waals surface area (Å²) in [6.07, 6.45) is 0.997. The summed E-state index contributed by atoms with van der Waals surface area (Å²) in [6.45, 7) is 2.10. The lowest BCUT2D eigenvalue weighted by atomic mass is 10.0. The van der Waals surface area contributed by atoms with E-state index in [-0.39, 0.29) is 5.92 Å². The molecule has 0 radical (unpaired) electrons. The van der Waals surface area contributed by atoms with Crippen molar-refractivity contribution in [3.8, 4) is 0 Å². The Bertz CT molecular complexity index is 571. The highest BCUT2D eigenvalue weighted by Gasteiger charge is 2.43. The van der Waals surface area contributed by atoms with Gasteiger partial charge in [-0.3, -0.25) is 4.79 Å². The molecule has 1 heteroatoms. The van der Waals surface area contributed by atoms with Crippen molar-refractivity contribution in [1.29, 1.82) is 0 Å². The van der Waals surface area contributed by atoms with Crippen LogP contribution in [0.2, 0.25) is 0 Å². The number of hydrogen-bond acceptors (Lipinski definition) is 1. The van der Waals surface area contributed by atoms with Gasteiger partial charge in [0.1, 0.15) is 0 Å². The predicted octanol–water partition coefficient (Wildman–Crippen LogP) is 3.98. The Morgan fingerprint density at radius 1 is 1.06 bits per heavy atom. The lowest BCUT2D eigenvalue weighted by Gasteiger charge is -2.02. The number of carbonyl (C=O) groups excluding carboxylic acids is 1. The minimum Gasteiger partial charge on any atom is -0.294 e. The molecule has 1 aliphatic carbocycles. The molecule has 0 spiro atoms. The molecule has 0 heterocycles. The minimum absolute atomic E-state index is 0.189. The highest BCUT2D eigenvalue weighted by atomic mass is 16.1. The first-order valence-electron chi connectivity index (χ1n) is 6.41. The van der Waals surface area contributed by atoms with E-state index >= 15 is 0 Å². The van der Waals surface area contributed by atoms with Gasteiger partial charge in [-0.15, -0.1) is 0 Å². The Morgan fingerprint density at radius 3 is 2.56 bits per heavy atom. The predicted molar refractivity (Wildman–Crippen MR) is 72.8 cm³/mol. The molecule has 0 aromatic heterocycles. The third-order valence-corrected chi connectivity index (χ3v) is 3.66. The Hall–Kier alpha value is -1.89. The average Bonchev–Trinajstić information content (AvgIpc) is 3.19. The molecule has 1 saturated carbocycles. The van der Waals surface area contributed by atoms with Gasteiger partial charge < -0.3 is 0 Å². The van der Waals surface area contributed by atoms with Crippen molar-refractivity contribution in [1.82, 2.24) is 0 Å². The zero-order chi connectivity index (χ0) is 12.5. The molecule has 2 unspecified atom stereocenters. The van der Waals surface area contributed by atoms with Gasteiger partial charge in [-0.05, 0) is 24.8 Å². The van der Waals surface area contributed by atoms with E-state index in [1.165, 1.54) is 11.1 Å². The SMILES string of the molecule is Cc1cccc(C2CC2C(=O)c2ccccc2)c1. The zero-order valence-electron chi connectivity index (χ0n) is 10.5. The first-order valence-corrected chi connectivity index (χ1v) is 6.41. The number of hydrogen-bond donors (Lipinski definition) is 0. The van der Waals surface area contributed by atoms with Gasteiger partial charge in [0.05, 0.1) is 0 Å². The maximum Gasteiger partial charge on any atom is 0.166 e. The molecule has 0 amide bonds. The third-order valence-electron chi connectivity index (χ3n) is 3.66. The highest BCUT2D eigenvalue weighted by molar-refractivity contribution is 6.00. The summed E-state index contributed by atoms with van der Waals surface area (Å²) < 4.78 is 0. The van der Waals surface area contributed by atoms with Crippen LogP contribution >= 0.6 is 0 Å². The van der Waals surface area contributed by atoms with Crippen molar-refractivity contribution in [3.63, 3.8) is 0 Å². The molecule has 2 aromatic rings. The number of Topliss-reactive ketones (excluding diaryl/α,β-unsaturated/α-hetero) is 1. The maximum atomic E-state index is 12.3. The first-order chi connectivity index (χ1) is 8.75. The van der Waals surface area contributed by atoms with Crippen molar-refractivity contribution >= 4 is 5.78 Å². The standard InChI is InChI=1S/C17H16O/c1-12-6-5-9-14(10-12)15-11-16(15)17(18)13-7-3-2-4-8-13/h2-10,15-16H,11H2,1H3. The summed E-state index contributed by atoms with van der Waals surface area (Å²) in [5.41, 5.74) is 3.42. The van der Waals surface area contributed by atoms with Crippen LogP contribution < -0.4 is 0 Å². The van der Waals surface area contributed by atoms with Crippen LogP contribution in [-0.4, -0.2) is 5.78 Å². The molecule has 0 saturated heterocycles. The van der Waals surface area contributed by atoms with Crippen molar-refractivity contribution in [2.24, 2.45) is 5.92 Å². The number of benzene rings is 2. The van der Waals surface area contributed by atoms with Crippen molar-refractivity contribution in [2.75, 3.05) is 0 Å². The van der Waals surface area contributed by atoms with Crippen LogP contribution in [0.1, 0.15) is 33.8 Å². The Labute approximate surface area is 107 Å². The minimum atomic E-state index is 0.189. The molecule has 2 atom stereocenters. The normalized spacial score (nSPS) is 21.6. The smallest absolute Gasteiger partial charge is 0.166 e. The van der Waals surface area contributed by atoms with Crippen LogP contribution in [0, 0.1) is 12.8 Å². The van der Waals surface area contributed by atoms with Gasteiger partial charge in [0.25, 0.3) is 0 Å². The molecular formula is C17H16O. The van der Waals surface area contributed by atoms with Gasteiger partial charge in [0, 0.05) is 11.5 Å². The fraction of sp³-hybridized carbons (Fsp3) is 0.235. The van der Waals surface area contributed by atoms with E-state index < -0.39 is 0 Å². The molecule has 2 aromatic carbocycles. The summed E-state index contributed by atoms with van der Waals surface area (Å²) in [4.78, 5) is 12.3. The van der Waals surface area contributed by atoms with Crippen LogP contribution in [-0.2, 0) is 0 Å². The van der Waals surface area contributed by atoms with E-state index in [2.05, 4.69) is 31.2 Å². The van der Waals surface area contributed by atoms with Crippen LogP contribution in [0.15, 0.2) is 54.6 Å². The van der Waals surface area contributed by atoms with Gasteiger partial charge in [-0.25, -0.2) is 0 Å². The molecule has 0 N–H and O–H groups in total. The summed E-state index contributed by atoms with van der Waals surface area (Å²) in [7, 11) is 0. The number of carbonyl (C=O) groups is 1. The first kappa shape index (κ1) is 11.2. The average molecular weight is 236 g/mol. The van der Waals surface area contributed by atoms with E-state index in [0.717, 1.165) is 12.0 Å². The number of aryl methyl sites for hydroxylation is 1. The van der Waals surface area contributed by atoms with E-state index in [0.29, 0.717) is 11.7 Å². The summed E-state index contributed by atoms with van der Waals surface area (Å²) in [6, 6.07) is 18.1. The van der Waals surface area contributed by atoms with Crippen molar-refractivity contribution in [2.45, 2.75) is 19.3 Å². The second-order valence-corrected chi connectivity index (χ2v) is 5.09. The van der Waals surface area contributed by atoms with E-state index in [4.69, 9.17) is 0 Å². The summed E-state index contributed by atoms with van der Waals surface area (Å²) in [5.74, 6) is 0.911. The molecule has 1 fully saturated rings. The third kappa shape index (κ3) is 2.08. The van der Waals surface area contributed by atoms with Gasteiger partial charge in [0.2, 0.25) is 0 Å². The molecule has 18 heavy (non-hydrogen) atoms. The Morgan fingerprint density at radius 2 is 1.83 bits per heavy atom. The Kier molecular flexibility index (Phi) is 2.75. The van der Waals surface area contributed by atoms with Crippen LogP contribution in [0.3, 0.4) is 0 Å². The zero-order valence-corrected chi connectivity index (χ0v) is 10.5. The van der Waals surface area contributed by atoms with Crippen molar-refractivity contribution < 1.29 is 4.79 Å². The van der Waals surface area contributed by atoms with E-state index in [1.54, 1.807) is 0 Å². The summed E-state index contributed by atoms with van der Waals surface area (Å²) in [5, 5.41) is 0. The highest BCUT2D eigenvalue weighted by Crippen LogP contribution is 2.49.